The molecule has 2 aromatic rings. The Labute approximate surface area is 106 Å². The van der Waals surface area contributed by atoms with E-state index in [2.05, 4.69) is 22.2 Å². The molecule has 1 aromatic heterocycles. The van der Waals surface area contributed by atoms with Crippen LogP contribution in [0.15, 0.2) is 29.1 Å². The normalized spacial score (nSPS) is 10.7. The zero-order valence-electron chi connectivity index (χ0n) is 10.7. The quantitative estimate of drug-likeness (QED) is 0.769. The van der Waals surface area contributed by atoms with Crippen molar-refractivity contribution in [2.24, 2.45) is 0 Å². The molecule has 2 rings (SSSR count). The fraction of sp³-hybridized carbons (Fsp3) is 0.429. The van der Waals surface area contributed by atoms with E-state index >= 15 is 0 Å². The molecule has 1 aromatic carbocycles. The van der Waals surface area contributed by atoms with Gasteiger partial charge >= 0.3 is 0 Å². The largest absolute Gasteiger partial charge is 0.365 e. The number of fused-ring (bicyclic) bond motifs is 1. The third-order valence-electron chi connectivity index (χ3n) is 2.92. The van der Waals surface area contributed by atoms with Crippen LogP contribution in [-0.2, 0) is 0 Å². The first-order valence-electron chi connectivity index (χ1n) is 6.54. The van der Waals surface area contributed by atoms with E-state index in [0.29, 0.717) is 5.82 Å². The molecule has 0 aliphatic rings. The third kappa shape index (κ3) is 3.09. The zero-order chi connectivity index (χ0) is 12.8. The predicted octanol–water partition coefficient (Wildman–Crippen LogP) is 2.92. The zero-order valence-corrected chi connectivity index (χ0v) is 10.7. The van der Waals surface area contributed by atoms with Crippen molar-refractivity contribution in [2.45, 2.75) is 32.6 Å². The lowest BCUT2D eigenvalue weighted by atomic mass is 10.2. The standard InChI is InChI=1S/C14H19N3O/c1-2-3-4-7-10-15-13-14(18)17-12-9-6-5-8-11(12)16-13/h5-6,8-9H,2-4,7,10H2,1H3,(H,15,16)(H,17,18). The van der Waals surface area contributed by atoms with Crippen LogP contribution in [0.25, 0.3) is 11.0 Å². The molecule has 0 aliphatic heterocycles. The lowest BCUT2D eigenvalue weighted by Crippen LogP contribution is -2.17. The van der Waals surface area contributed by atoms with Crippen LogP contribution in [0.5, 0.6) is 0 Å². The van der Waals surface area contributed by atoms with E-state index in [1.54, 1.807) is 0 Å². The maximum Gasteiger partial charge on any atom is 0.291 e. The number of nitrogens with zero attached hydrogens (tertiary/aromatic N) is 1. The fourth-order valence-electron chi connectivity index (χ4n) is 1.91. The van der Waals surface area contributed by atoms with Gasteiger partial charge in [0.1, 0.15) is 0 Å². The van der Waals surface area contributed by atoms with E-state index in [-0.39, 0.29) is 5.56 Å². The number of hydrogen-bond donors (Lipinski definition) is 2. The highest BCUT2D eigenvalue weighted by atomic mass is 16.1. The Morgan fingerprint density at radius 2 is 2.06 bits per heavy atom. The molecular formula is C14H19N3O. The Morgan fingerprint density at radius 3 is 2.89 bits per heavy atom. The molecule has 18 heavy (non-hydrogen) atoms. The minimum Gasteiger partial charge on any atom is -0.365 e. The topological polar surface area (TPSA) is 57.8 Å². The van der Waals surface area contributed by atoms with Crippen molar-refractivity contribution in [3.63, 3.8) is 0 Å². The molecule has 0 fully saturated rings. The first-order valence-corrected chi connectivity index (χ1v) is 6.54. The van der Waals surface area contributed by atoms with Crippen LogP contribution in [-0.4, -0.2) is 16.5 Å². The Morgan fingerprint density at radius 1 is 1.22 bits per heavy atom. The molecule has 0 saturated heterocycles. The lowest BCUT2D eigenvalue weighted by molar-refractivity contribution is 0.684. The van der Waals surface area contributed by atoms with Crippen molar-refractivity contribution in [2.75, 3.05) is 11.9 Å². The van der Waals surface area contributed by atoms with Crippen molar-refractivity contribution in [1.82, 2.24) is 9.97 Å². The number of nitrogens with one attached hydrogen (secondary N) is 2. The van der Waals surface area contributed by atoms with Crippen molar-refractivity contribution in [3.05, 3.63) is 34.6 Å². The van der Waals surface area contributed by atoms with Crippen LogP contribution in [0, 0.1) is 0 Å². The minimum atomic E-state index is -0.149. The number of para-hydroxylation sites is 2. The fourth-order valence-corrected chi connectivity index (χ4v) is 1.91. The monoisotopic (exact) mass is 245 g/mol. The molecule has 0 bridgehead atoms. The average Bonchev–Trinajstić information content (AvgIpc) is 2.39. The van der Waals surface area contributed by atoms with Gasteiger partial charge in [0.2, 0.25) is 0 Å². The van der Waals surface area contributed by atoms with E-state index in [1.165, 1.54) is 19.3 Å². The summed E-state index contributed by atoms with van der Waals surface area (Å²) >= 11 is 0. The summed E-state index contributed by atoms with van der Waals surface area (Å²) in [4.78, 5) is 18.9. The molecule has 0 atom stereocenters. The van der Waals surface area contributed by atoms with Crippen molar-refractivity contribution in [3.8, 4) is 0 Å². The number of rotatable bonds is 6. The highest BCUT2D eigenvalue weighted by Crippen LogP contribution is 2.08. The van der Waals surface area contributed by atoms with Crippen molar-refractivity contribution < 1.29 is 0 Å². The highest BCUT2D eigenvalue weighted by molar-refractivity contribution is 5.75. The third-order valence-corrected chi connectivity index (χ3v) is 2.92. The van der Waals surface area contributed by atoms with Gasteiger partial charge in [-0.05, 0) is 18.6 Å². The van der Waals surface area contributed by atoms with Gasteiger partial charge in [-0.3, -0.25) is 4.79 Å². The Hall–Kier alpha value is -1.84. The van der Waals surface area contributed by atoms with Crippen LogP contribution in [0.4, 0.5) is 5.82 Å². The summed E-state index contributed by atoms with van der Waals surface area (Å²) in [5.74, 6) is 0.421. The Bertz CT molecular complexity index is 562. The van der Waals surface area contributed by atoms with Gasteiger partial charge in [0, 0.05) is 6.54 Å². The van der Waals surface area contributed by atoms with E-state index < -0.39 is 0 Å². The molecule has 4 heteroatoms. The molecule has 96 valence electrons. The Balaban J connectivity index is 2.04. The highest BCUT2D eigenvalue weighted by Gasteiger charge is 2.02. The number of unbranched alkanes of at least 4 members (excludes halogenated alkanes) is 3. The van der Waals surface area contributed by atoms with Crippen LogP contribution < -0.4 is 10.9 Å². The average molecular weight is 245 g/mol. The number of anilines is 1. The van der Waals surface area contributed by atoms with Gasteiger partial charge < -0.3 is 10.3 Å². The summed E-state index contributed by atoms with van der Waals surface area (Å²) in [5.41, 5.74) is 1.44. The maximum absolute atomic E-state index is 11.8. The first-order chi connectivity index (χ1) is 8.81. The van der Waals surface area contributed by atoms with E-state index in [9.17, 15) is 4.79 Å². The molecule has 1 heterocycles. The molecule has 0 amide bonds. The number of aromatic amines is 1. The van der Waals surface area contributed by atoms with Crippen LogP contribution in [0.2, 0.25) is 0 Å². The minimum absolute atomic E-state index is 0.149. The van der Waals surface area contributed by atoms with Crippen molar-refractivity contribution >= 4 is 16.9 Å². The molecule has 4 nitrogen and oxygen atoms in total. The van der Waals surface area contributed by atoms with E-state index in [1.807, 2.05) is 24.3 Å². The molecule has 0 spiro atoms. The number of hydrogen-bond acceptors (Lipinski definition) is 3. The van der Waals surface area contributed by atoms with Crippen molar-refractivity contribution in [1.29, 1.82) is 0 Å². The predicted molar refractivity (Wildman–Crippen MR) is 75.0 cm³/mol. The van der Waals surface area contributed by atoms with Crippen LogP contribution in [0.3, 0.4) is 0 Å². The first kappa shape index (κ1) is 12.6. The number of benzene rings is 1. The molecule has 0 unspecified atom stereocenters. The van der Waals surface area contributed by atoms with Gasteiger partial charge in [-0.2, -0.15) is 0 Å². The summed E-state index contributed by atoms with van der Waals surface area (Å²) in [6, 6.07) is 7.55. The number of H-pyrrole nitrogens is 1. The second-order valence-electron chi connectivity index (χ2n) is 4.42. The molecule has 0 aliphatic carbocycles. The second kappa shape index (κ2) is 6.19. The molecule has 0 radical (unpaired) electrons. The summed E-state index contributed by atoms with van der Waals surface area (Å²) in [6.07, 6.45) is 4.72. The molecule has 0 saturated carbocycles. The van der Waals surface area contributed by atoms with Gasteiger partial charge in [-0.1, -0.05) is 38.3 Å². The summed E-state index contributed by atoms with van der Waals surface area (Å²) in [7, 11) is 0. The lowest BCUT2D eigenvalue weighted by Gasteiger charge is -2.05. The SMILES string of the molecule is CCCCCCNc1nc2ccccc2[nH]c1=O. The van der Waals surface area contributed by atoms with Gasteiger partial charge in [-0.15, -0.1) is 0 Å². The summed E-state index contributed by atoms with van der Waals surface area (Å²) < 4.78 is 0. The summed E-state index contributed by atoms with van der Waals surface area (Å²) in [6.45, 7) is 2.98. The molecule has 2 N–H and O–H groups in total. The van der Waals surface area contributed by atoms with Gasteiger partial charge in [-0.25, -0.2) is 4.98 Å². The maximum atomic E-state index is 11.8. The second-order valence-corrected chi connectivity index (χ2v) is 4.42. The number of aromatic nitrogens is 2. The molecular weight excluding hydrogens is 226 g/mol. The van der Waals surface area contributed by atoms with Crippen LogP contribution >= 0.6 is 0 Å². The summed E-state index contributed by atoms with van der Waals surface area (Å²) in [5, 5.41) is 3.11. The van der Waals surface area contributed by atoms with E-state index in [4.69, 9.17) is 0 Å². The van der Waals surface area contributed by atoms with Gasteiger partial charge in [0.05, 0.1) is 11.0 Å². The van der Waals surface area contributed by atoms with Crippen LogP contribution in [0.1, 0.15) is 32.6 Å². The van der Waals surface area contributed by atoms with E-state index in [0.717, 1.165) is 24.0 Å². The Kier molecular flexibility index (Phi) is 4.34. The van der Waals surface area contributed by atoms with Gasteiger partial charge in [0.15, 0.2) is 5.82 Å². The smallest absolute Gasteiger partial charge is 0.291 e. The van der Waals surface area contributed by atoms with Gasteiger partial charge in [0.25, 0.3) is 5.56 Å².